The molecule has 1 aromatic carbocycles. The molecular weight excluding hydrogens is 268 g/mol. The Morgan fingerprint density at radius 1 is 1.42 bits per heavy atom. The summed E-state index contributed by atoms with van der Waals surface area (Å²) < 4.78 is 0. The normalized spacial score (nSPS) is 12.3. The lowest BCUT2D eigenvalue weighted by atomic mass is 10.2. The Bertz CT molecular complexity index is 603. The summed E-state index contributed by atoms with van der Waals surface area (Å²) in [5.74, 6) is -1.03. The van der Waals surface area contributed by atoms with E-state index in [-0.39, 0.29) is 13.0 Å². The minimum Gasteiger partial charge on any atom is -0.481 e. The Morgan fingerprint density at radius 2 is 2.21 bits per heavy atom. The van der Waals surface area contributed by atoms with Crippen LogP contribution in [0.3, 0.4) is 0 Å². The third-order valence-electron chi connectivity index (χ3n) is 2.65. The highest BCUT2D eigenvalue weighted by Crippen LogP contribution is 2.27. The standard InChI is InChI=1S/C13H13ClN2O3/c14-10-3-4-11(13-9(10)2-1-5-15-13)16-7-8(17)6-12(18)19/h1-5,8,16-17H,6-7H2,(H,18,19). The molecule has 0 radical (unpaired) electrons. The Labute approximate surface area is 114 Å². The highest BCUT2D eigenvalue weighted by molar-refractivity contribution is 6.35. The largest absolute Gasteiger partial charge is 0.481 e. The SMILES string of the molecule is O=C(O)CC(O)CNc1ccc(Cl)c2cccnc12. The molecule has 100 valence electrons. The number of pyridine rings is 1. The van der Waals surface area contributed by atoms with Crippen LogP contribution in [0.25, 0.3) is 10.9 Å². The first kappa shape index (κ1) is 13.6. The molecule has 1 heterocycles. The third-order valence-corrected chi connectivity index (χ3v) is 2.98. The Kier molecular flexibility index (Phi) is 4.19. The van der Waals surface area contributed by atoms with Crippen molar-refractivity contribution in [3.8, 4) is 0 Å². The van der Waals surface area contributed by atoms with E-state index in [4.69, 9.17) is 16.7 Å². The molecule has 6 heteroatoms. The molecular formula is C13H13ClN2O3. The number of benzene rings is 1. The molecule has 0 aliphatic rings. The van der Waals surface area contributed by atoms with Crippen LogP contribution in [-0.4, -0.2) is 33.8 Å². The number of fused-ring (bicyclic) bond motifs is 1. The van der Waals surface area contributed by atoms with Crippen LogP contribution in [0.1, 0.15) is 6.42 Å². The number of halogens is 1. The molecule has 0 bridgehead atoms. The van der Waals surface area contributed by atoms with Crippen LogP contribution in [0.4, 0.5) is 5.69 Å². The highest BCUT2D eigenvalue weighted by Gasteiger charge is 2.11. The minimum atomic E-state index is -1.03. The van der Waals surface area contributed by atoms with Gasteiger partial charge in [-0.15, -0.1) is 0 Å². The van der Waals surface area contributed by atoms with Crippen molar-refractivity contribution in [1.82, 2.24) is 4.98 Å². The Hall–Kier alpha value is -1.85. The Morgan fingerprint density at radius 3 is 2.95 bits per heavy atom. The molecule has 0 spiro atoms. The third kappa shape index (κ3) is 3.33. The summed E-state index contributed by atoms with van der Waals surface area (Å²) in [6.07, 6.45) is 0.399. The lowest BCUT2D eigenvalue weighted by molar-refractivity contribution is -0.138. The van der Waals surface area contributed by atoms with Gasteiger partial charge in [-0.2, -0.15) is 0 Å². The minimum absolute atomic E-state index is 0.138. The van der Waals surface area contributed by atoms with Gasteiger partial charge >= 0.3 is 5.97 Å². The van der Waals surface area contributed by atoms with Crippen LogP contribution >= 0.6 is 11.6 Å². The fourth-order valence-electron chi connectivity index (χ4n) is 1.78. The van der Waals surface area contributed by atoms with Crippen LogP contribution in [0.2, 0.25) is 5.02 Å². The fourth-order valence-corrected chi connectivity index (χ4v) is 2.00. The van der Waals surface area contributed by atoms with E-state index in [0.717, 1.165) is 5.39 Å². The molecule has 0 saturated carbocycles. The molecule has 1 aromatic heterocycles. The van der Waals surface area contributed by atoms with Crippen molar-refractivity contribution in [3.05, 3.63) is 35.5 Å². The molecule has 19 heavy (non-hydrogen) atoms. The summed E-state index contributed by atoms with van der Waals surface area (Å²) in [5.41, 5.74) is 1.40. The number of aromatic nitrogens is 1. The summed E-state index contributed by atoms with van der Waals surface area (Å²) in [5, 5.41) is 22.5. The molecule has 1 unspecified atom stereocenters. The van der Waals surface area contributed by atoms with Crippen molar-refractivity contribution in [1.29, 1.82) is 0 Å². The fraction of sp³-hybridized carbons (Fsp3) is 0.231. The van der Waals surface area contributed by atoms with Gasteiger partial charge in [0.1, 0.15) is 0 Å². The molecule has 2 aromatic rings. The number of aliphatic hydroxyl groups is 1. The lowest BCUT2D eigenvalue weighted by Gasteiger charge is -2.12. The van der Waals surface area contributed by atoms with Crippen molar-refractivity contribution in [2.75, 3.05) is 11.9 Å². The van der Waals surface area contributed by atoms with E-state index in [1.165, 1.54) is 0 Å². The van der Waals surface area contributed by atoms with Crippen LogP contribution in [0, 0.1) is 0 Å². The first-order valence-electron chi connectivity index (χ1n) is 5.75. The number of nitrogens with one attached hydrogen (secondary N) is 1. The molecule has 0 amide bonds. The van der Waals surface area contributed by atoms with Crippen molar-refractivity contribution >= 4 is 34.2 Å². The van der Waals surface area contributed by atoms with E-state index < -0.39 is 12.1 Å². The monoisotopic (exact) mass is 280 g/mol. The van der Waals surface area contributed by atoms with Crippen LogP contribution < -0.4 is 5.32 Å². The number of anilines is 1. The number of carboxylic acids is 1. The van der Waals surface area contributed by atoms with Gasteiger partial charge in [-0.1, -0.05) is 11.6 Å². The average molecular weight is 281 g/mol. The number of carbonyl (C=O) groups is 1. The second-order valence-electron chi connectivity index (χ2n) is 4.13. The molecule has 5 nitrogen and oxygen atoms in total. The number of hydrogen-bond donors (Lipinski definition) is 3. The predicted octanol–water partition coefficient (Wildman–Crippen LogP) is 2.14. The number of hydrogen-bond acceptors (Lipinski definition) is 4. The van der Waals surface area contributed by atoms with Gasteiger partial charge in [-0.25, -0.2) is 0 Å². The molecule has 3 N–H and O–H groups in total. The molecule has 0 saturated heterocycles. The molecule has 1 atom stereocenters. The van der Waals surface area contributed by atoms with Crippen molar-refractivity contribution in [2.45, 2.75) is 12.5 Å². The van der Waals surface area contributed by atoms with Crippen molar-refractivity contribution < 1.29 is 15.0 Å². The zero-order valence-electron chi connectivity index (χ0n) is 10.0. The molecule has 0 aliphatic carbocycles. The highest BCUT2D eigenvalue weighted by atomic mass is 35.5. The van der Waals surface area contributed by atoms with E-state index >= 15 is 0 Å². The lowest BCUT2D eigenvalue weighted by Crippen LogP contribution is -2.22. The number of aliphatic carboxylic acids is 1. The van der Waals surface area contributed by atoms with Gasteiger partial charge in [-0.3, -0.25) is 9.78 Å². The summed E-state index contributed by atoms with van der Waals surface area (Å²) in [4.78, 5) is 14.7. The second kappa shape index (κ2) is 5.86. The van der Waals surface area contributed by atoms with E-state index in [1.54, 1.807) is 24.4 Å². The van der Waals surface area contributed by atoms with Crippen molar-refractivity contribution in [2.24, 2.45) is 0 Å². The van der Waals surface area contributed by atoms with Gasteiger partial charge in [0.2, 0.25) is 0 Å². The predicted molar refractivity (Wildman–Crippen MR) is 73.5 cm³/mol. The quantitative estimate of drug-likeness (QED) is 0.782. The molecule has 0 aliphatic heterocycles. The van der Waals surface area contributed by atoms with Gasteiger partial charge < -0.3 is 15.5 Å². The maximum Gasteiger partial charge on any atom is 0.306 e. The van der Waals surface area contributed by atoms with Crippen LogP contribution in [0.5, 0.6) is 0 Å². The summed E-state index contributed by atoms with van der Waals surface area (Å²) >= 11 is 6.07. The number of rotatable bonds is 5. The van der Waals surface area contributed by atoms with E-state index in [1.807, 2.05) is 6.07 Å². The van der Waals surface area contributed by atoms with Gasteiger partial charge in [0.25, 0.3) is 0 Å². The number of carboxylic acid groups (broad SMARTS) is 1. The van der Waals surface area contributed by atoms with Gasteiger partial charge in [0.05, 0.1) is 28.8 Å². The van der Waals surface area contributed by atoms with Crippen molar-refractivity contribution in [3.63, 3.8) is 0 Å². The summed E-state index contributed by atoms with van der Waals surface area (Å²) in [6, 6.07) is 7.13. The number of aliphatic hydroxyl groups excluding tert-OH is 1. The maximum absolute atomic E-state index is 10.5. The van der Waals surface area contributed by atoms with Gasteiger partial charge in [-0.05, 0) is 24.3 Å². The van der Waals surface area contributed by atoms with E-state index in [9.17, 15) is 9.90 Å². The average Bonchev–Trinajstić information content (AvgIpc) is 2.37. The second-order valence-corrected chi connectivity index (χ2v) is 4.53. The van der Waals surface area contributed by atoms with E-state index in [0.29, 0.717) is 16.2 Å². The smallest absolute Gasteiger partial charge is 0.306 e. The first-order valence-corrected chi connectivity index (χ1v) is 6.12. The van der Waals surface area contributed by atoms with Crippen LogP contribution in [-0.2, 0) is 4.79 Å². The summed E-state index contributed by atoms with van der Waals surface area (Å²) in [7, 11) is 0. The molecule has 2 rings (SSSR count). The molecule has 0 fully saturated rings. The van der Waals surface area contributed by atoms with Gasteiger partial charge in [0.15, 0.2) is 0 Å². The maximum atomic E-state index is 10.5. The Balaban J connectivity index is 2.17. The first-order chi connectivity index (χ1) is 9.08. The number of nitrogens with zero attached hydrogens (tertiary/aromatic N) is 1. The van der Waals surface area contributed by atoms with Crippen LogP contribution in [0.15, 0.2) is 30.5 Å². The van der Waals surface area contributed by atoms with E-state index in [2.05, 4.69) is 10.3 Å². The van der Waals surface area contributed by atoms with Gasteiger partial charge in [0, 0.05) is 18.1 Å². The zero-order chi connectivity index (χ0) is 13.8. The summed E-state index contributed by atoms with van der Waals surface area (Å²) in [6.45, 7) is 0.138. The topological polar surface area (TPSA) is 82.5 Å². The zero-order valence-corrected chi connectivity index (χ0v) is 10.8.